The normalized spacial score (nSPS) is 19.8. The van der Waals surface area contributed by atoms with Gasteiger partial charge < -0.3 is 5.32 Å². The third-order valence-corrected chi connectivity index (χ3v) is 5.84. The van der Waals surface area contributed by atoms with Crippen LogP contribution in [0.15, 0.2) is 83.5 Å². The molecule has 1 fully saturated rings. The van der Waals surface area contributed by atoms with Gasteiger partial charge in [0.05, 0.1) is 11.4 Å². The number of nitrogens with one attached hydrogen (secondary N) is 1. The van der Waals surface area contributed by atoms with Crippen LogP contribution in [0.25, 0.3) is 0 Å². The summed E-state index contributed by atoms with van der Waals surface area (Å²) in [4.78, 5) is 31.9. The van der Waals surface area contributed by atoms with Crippen LogP contribution in [0.5, 0.6) is 0 Å². The van der Waals surface area contributed by atoms with Crippen LogP contribution in [0.3, 0.4) is 0 Å². The number of amides is 2. The molecular weight excluding hydrogens is 401 g/mol. The largest absolute Gasteiger partial charge is 0.324 e. The molecule has 0 aromatic heterocycles. The second kappa shape index (κ2) is 9.09. The van der Waals surface area contributed by atoms with E-state index in [0.29, 0.717) is 10.9 Å². The molecule has 2 aliphatic rings. The summed E-state index contributed by atoms with van der Waals surface area (Å²) in [7, 11) is 0. The highest BCUT2D eigenvalue weighted by Crippen LogP contribution is 2.35. The number of hydrogen-bond donors (Lipinski definition) is 1. The van der Waals surface area contributed by atoms with Crippen LogP contribution in [-0.4, -0.2) is 22.2 Å². The molecule has 1 atom stereocenters. The Balaban J connectivity index is 1.56. The number of amidine groups is 1. The summed E-state index contributed by atoms with van der Waals surface area (Å²) in [5.74, 6) is -1.14. The van der Waals surface area contributed by atoms with Crippen molar-refractivity contribution in [3.63, 3.8) is 0 Å². The lowest BCUT2D eigenvalue weighted by molar-refractivity contribution is -0.121. The molecule has 0 saturated carbocycles. The lowest BCUT2D eigenvalue weighted by Gasteiger charge is -2.17. The molecular formula is C23H20FN3O2S. The number of nitrogens with zero attached hydrogens (tertiary/aromatic N) is 2. The van der Waals surface area contributed by atoms with E-state index in [1.54, 1.807) is 17.0 Å². The van der Waals surface area contributed by atoms with Crippen molar-refractivity contribution in [2.75, 3.05) is 10.2 Å². The molecule has 152 valence electrons. The molecule has 2 aromatic rings. The summed E-state index contributed by atoms with van der Waals surface area (Å²) in [6.45, 7) is 0. The van der Waals surface area contributed by atoms with Crippen molar-refractivity contribution in [3.8, 4) is 0 Å². The Labute approximate surface area is 178 Å². The highest BCUT2D eigenvalue weighted by molar-refractivity contribution is 8.16. The van der Waals surface area contributed by atoms with Crippen LogP contribution in [0.4, 0.5) is 15.8 Å². The lowest BCUT2D eigenvalue weighted by atomic mass is 10.1. The Morgan fingerprint density at radius 3 is 2.67 bits per heavy atom. The fourth-order valence-electron chi connectivity index (χ4n) is 3.23. The summed E-state index contributed by atoms with van der Waals surface area (Å²) >= 11 is 1.27. The first-order valence-electron chi connectivity index (χ1n) is 9.66. The molecule has 7 heteroatoms. The topological polar surface area (TPSA) is 61.8 Å². The summed E-state index contributed by atoms with van der Waals surface area (Å²) in [6.07, 6.45) is 7.59. The van der Waals surface area contributed by atoms with Crippen LogP contribution in [0, 0.1) is 5.82 Å². The lowest BCUT2D eigenvalue weighted by Crippen LogP contribution is -2.33. The highest BCUT2D eigenvalue weighted by atomic mass is 32.2. The minimum atomic E-state index is -0.629. The summed E-state index contributed by atoms with van der Waals surface area (Å²) in [5, 5.41) is 2.47. The second-order valence-corrected chi connectivity index (χ2v) is 8.04. The van der Waals surface area contributed by atoms with Crippen molar-refractivity contribution >= 4 is 40.1 Å². The van der Waals surface area contributed by atoms with Gasteiger partial charge in [0.25, 0.3) is 0 Å². The Hall–Kier alpha value is -3.19. The van der Waals surface area contributed by atoms with Crippen LogP contribution < -0.4 is 10.2 Å². The molecule has 30 heavy (non-hydrogen) atoms. The number of anilines is 2. The van der Waals surface area contributed by atoms with Crippen LogP contribution in [0.2, 0.25) is 0 Å². The zero-order chi connectivity index (χ0) is 20.9. The first-order chi connectivity index (χ1) is 14.6. The Morgan fingerprint density at radius 1 is 1.17 bits per heavy atom. The number of carbonyl (C=O) groups excluding carboxylic acids is 2. The number of carbonyl (C=O) groups is 2. The van der Waals surface area contributed by atoms with E-state index in [-0.39, 0.29) is 18.0 Å². The molecule has 1 aliphatic carbocycles. The number of allylic oxidation sites excluding steroid dienone is 4. The number of thioether (sulfide) groups is 1. The fraction of sp³-hybridized carbons (Fsp3) is 0.174. The van der Waals surface area contributed by atoms with E-state index in [4.69, 9.17) is 4.99 Å². The van der Waals surface area contributed by atoms with Gasteiger partial charge in [-0.1, -0.05) is 54.2 Å². The van der Waals surface area contributed by atoms with E-state index in [2.05, 4.69) is 11.4 Å². The summed E-state index contributed by atoms with van der Waals surface area (Å²) in [5.41, 5.74) is 1.70. The zero-order valence-corrected chi connectivity index (χ0v) is 16.9. The van der Waals surface area contributed by atoms with Gasteiger partial charge >= 0.3 is 0 Å². The SMILES string of the molecule is O=C(C[C@@H]1SC(=NC2=CC=CCC2)N(c2ccccc2)C1=O)Nc1ccccc1F. The van der Waals surface area contributed by atoms with Crippen molar-refractivity contribution in [2.24, 2.45) is 4.99 Å². The summed E-state index contributed by atoms with van der Waals surface area (Å²) < 4.78 is 13.8. The number of aliphatic imine (C=N–C) groups is 1. The van der Waals surface area contributed by atoms with E-state index in [1.807, 2.05) is 42.5 Å². The number of halogens is 1. The molecule has 1 heterocycles. The maximum absolute atomic E-state index is 13.8. The first kappa shape index (κ1) is 20.1. The van der Waals surface area contributed by atoms with Crippen molar-refractivity contribution in [1.82, 2.24) is 0 Å². The van der Waals surface area contributed by atoms with Gasteiger partial charge in [0.2, 0.25) is 11.8 Å². The molecule has 1 N–H and O–H groups in total. The minimum absolute atomic E-state index is 0.0703. The maximum Gasteiger partial charge on any atom is 0.247 e. The minimum Gasteiger partial charge on any atom is -0.324 e. The number of hydrogen-bond acceptors (Lipinski definition) is 4. The molecule has 0 spiro atoms. The van der Waals surface area contributed by atoms with E-state index >= 15 is 0 Å². The molecule has 2 aromatic carbocycles. The molecule has 5 nitrogen and oxygen atoms in total. The molecule has 0 bridgehead atoms. The standard InChI is InChI=1S/C23H20FN3O2S/c24-18-13-7-8-14-19(18)26-21(28)15-20-22(29)27(17-11-5-2-6-12-17)23(30-20)25-16-9-3-1-4-10-16/h1-3,5-9,11-14,20H,4,10,15H2,(H,26,28)/t20-/m0/s1. The quantitative estimate of drug-likeness (QED) is 0.748. The molecule has 0 radical (unpaired) electrons. The Morgan fingerprint density at radius 2 is 1.93 bits per heavy atom. The maximum atomic E-state index is 13.8. The molecule has 1 aliphatic heterocycles. The molecule has 1 saturated heterocycles. The predicted molar refractivity (Wildman–Crippen MR) is 119 cm³/mol. The zero-order valence-electron chi connectivity index (χ0n) is 16.1. The van der Waals surface area contributed by atoms with Crippen molar-refractivity contribution in [3.05, 3.63) is 84.3 Å². The van der Waals surface area contributed by atoms with Gasteiger partial charge in [0.15, 0.2) is 5.17 Å². The Bertz CT molecular complexity index is 1050. The number of para-hydroxylation sites is 2. The van der Waals surface area contributed by atoms with Crippen molar-refractivity contribution in [1.29, 1.82) is 0 Å². The average molecular weight is 421 g/mol. The van der Waals surface area contributed by atoms with Gasteiger partial charge in [-0.3, -0.25) is 14.5 Å². The summed E-state index contributed by atoms with van der Waals surface area (Å²) in [6, 6.07) is 15.2. The van der Waals surface area contributed by atoms with Gasteiger partial charge in [-0.2, -0.15) is 0 Å². The van der Waals surface area contributed by atoms with Crippen LogP contribution in [0.1, 0.15) is 19.3 Å². The number of rotatable bonds is 5. The fourth-order valence-corrected chi connectivity index (χ4v) is 4.39. The smallest absolute Gasteiger partial charge is 0.247 e. The van der Waals surface area contributed by atoms with Gasteiger partial charge in [-0.05, 0) is 43.2 Å². The van der Waals surface area contributed by atoms with Gasteiger partial charge in [-0.25, -0.2) is 9.38 Å². The first-order valence-corrected chi connectivity index (χ1v) is 10.5. The monoisotopic (exact) mass is 421 g/mol. The van der Waals surface area contributed by atoms with Crippen LogP contribution >= 0.6 is 11.8 Å². The second-order valence-electron chi connectivity index (χ2n) is 6.87. The molecule has 2 amide bonds. The van der Waals surface area contributed by atoms with Crippen molar-refractivity contribution in [2.45, 2.75) is 24.5 Å². The van der Waals surface area contributed by atoms with E-state index in [9.17, 15) is 14.0 Å². The van der Waals surface area contributed by atoms with Gasteiger partial charge in [0, 0.05) is 12.1 Å². The van der Waals surface area contributed by atoms with Crippen LogP contribution in [-0.2, 0) is 9.59 Å². The predicted octanol–water partition coefficient (Wildman–Crippen LogP) is 4.89. The third kappa shape index (κ3) is 4.52. The van der Waals surface area contributed by atoms with E-state index in [0.717, 1.165) is 18.5 Å². The average Bonchev–Trinajstić information content (AvgIpc) is 3.05. The number of benzene rings is 2. The molecule has 0 unspecified atom stereocenters. The van der Waals surface area contributed by atoms with E-state index < -0.39 is 17.0 Å². The van der Waals surface area contributed by atoms with Crippen molar-refractivity contribution < 1.29 is 14.0 Å². The van der Waals surface area contributed by atoms with Gasteiger partial charge in [-0.15, -0.1) is 0 Å². The third-order valence-electron chi connectivity index (χ3n) is 4.70. The highest BCUT2D eigenvalue weighted by Gasteiger charge is 2.40. The Kier molecular flexibility index (Phi) is 6.09. The van der Waals surface area contributed by atoms with Gasteiger partial charge in [0.1, 0.15) is 11.1 Å². The molecule has 4 rings (SSSR count). The van der Waals surface area contributed by atoms with E-state index in [1.165, 1.54) is 23.9 Å².